The SMILES string of the molecule is Cc1cccc(C(=O)OCC(=O)N2C[C@H](C)C[C@@H](C)C2)c1C. The van der Waals surface area contributed by atoms with E-state index in [1.807, 2.05) is 30.9 Å². The predicted octanol–water partition coefficient (Wildman–Crippen LogP) is 2.96. The lowest BCUT2D eigenvalue weighted by Crippen LogP contribution is -2.44. The summed E-state index contributed by atoms with van der Waals surface area (Å²) in [6, 6.07) is 5.52. The molecule has 22 heavy (non-hydrogen) atoms. The van der Waals surface area contributed by atoms with Crippen LogP contribution in [0.15, 0.2) is 18.2 Å². The molecule has 0 saturated carbocycles. The Hall–Kier alpha value is -1.84. The molecule has 0 unspecified atom stereocenters. The van der Waals surface area contributed by atoms with Crippen molar-refractivity contribution >= 4 is 11.9 Å². The first-order valence-corrected chi connectivity index (χ1v) is 7.89. The second-order valence-electron chi connectivity index (χ2n) is 6.57. The van der Waals surface area contributed by atoms with Crippen molar-refractivity contribution in [2.24, 2.45) is 11.8 Å². The second-order valence-corrected chi connectivity index (χ2v) is 6.57. The molecule has 0 N–H and O–H groups in total. The largest absolute Gasteiger partial charge is 0.452 e. The summed E-state index contributed by atoms with van der Waals surface area (Å²) < 4.78 is 5.22. The van der Waals surface area contributed by atoms with E-state index in [9.17, 15) is 9.59 Å². The van der Waals surface area contributed by atoms with Gasteiger partial charge in [-0.3, -0.25) is 4.79 Å². The van der Waals surface area contributed by atoms with E-state index in [2.05, 4.69) is 13.8 Å². The lowest BCUT2D eigenvalue weighted by molar-refractivity contribution is -0.137. The zero-order valence-electron chi connectivity index (χ0n) is 13.9. The third kappa shape index (κ3) is 3.87. The van der Waals surface area contributed by atoms with Gasteiger partial charge in [-0.1, -0.05) is 26.0 Å². The van der Waals surface area contributed by atoms with Gasteiger partial charge in [-0.15, -0.1) is 0 Å². The smallest absolute Gasteiger partial charge is 0.338 e. The van der Waals surface area contributed by atoms with Crippen LogP contribution in [0.5, 0.6) is 0 Å². The van der Waals surface area contributed by atoms with E-state index in [1.54, 1.807) is 6.07 Å². The number of nitrogens with zero attached hydrogens (tertiary/aromatic N) is 1. The molecule has 1 saturated heterocycles. The number of carbonyl (C=O) groups is 2. The van der Waals surface area contributed by atoms with Crippen molar-refractivity contribution in [2.75, 3.05) is 19.7 Å². The Morgan fingerprint density at radius 2 is 1.82 bits per heavy atom. The molecule has 2 rings (SSSR count). The zero-order chi connectivity index (χ0) is 16.3. The molecule has 0 radical (unpaired) electrons. The Kier molecular flexibility index (Phi) is 5.22. The maximum Gasteiger partial charge on any atom is 0.338 e. The summed E-state index contributed by atoms with van der Waals surface area (Å²) in [7, 11) is 0. The fraction of sp³-hybridized carbons (Fsp3) is 0.556. The third-order valence-corrected chi connectivity index (χ3v) is 4.37. The number of benzene rings is 1. The molecule has 0 aromatic heterocycles. The van der Waals surface area contributed by atoms with Crippen LogP contribution >= 0.6 is 0 Å². The summed E-state index contributed by atoms with van der Waals surface area (Å²) in [5, 5.41) is 0. The first-order chi connectivity index (χ1) is 10.4. The summed E-state index contributed by atoms with van der Waals surface area (Å²) >= 11 is 0. The number of likely N-dealkylation sites (tertiary alicyclic amines) is 1. The summed E-state index contributed by atoms with van der Waals surface area (Å²) in [6.07, 6.45) is 1.14. The topological polar surface area (TPSA) is 46.6 Å². The first-order valence-electron chi connectivity index (χ1n) is 7.89. The van der Waals surface area contributed by atoms with E-state index >= 15 is 0 Å². The minimum Gasteiger partial charge on any atom is -0.452 e. The van der Waals surface area contributed by atoms with Gasteiger partial charge >= 0.3 is 5.97 Å². The number of hydrogen-bond acceptors (Lipinski definition) is 3. The Morgan fingerprint density at radius 1 is 1.18 bits per heavy atom. The fourth-order valence-electron chi connectivity index (χ4n) is 3.14. The van der Waals surface area contributed by atoms with Crippen LogP contribution in [-0.4, -0.2) is 36.5 Å². The van der Waals surface area contributed by atoms with E-state index in [0.29, 0.717) is 17.4 Å². The number of esters is 1. The van der Waals surface area contributed by atoms with Crippen LogP contribution in [0, 0.1) is 25.7 Å². The van der Waals surface area contributed by atoms with Gasteiger partial charge in [0.25, 0.3) is 5.91 Å². The van der Waals surface area contributed by atoms with E-state index in [1.165, 1.54) is 0 Å². The molecule has 1 aromatic carbocycles. The average molecular weight is 303 g/mol. The number of rotatable bonds is 3. The van der Waals surface area contributed by atoms with Gasteiger partial charge in [0, 0.05) is 13.1 Å². The molecular formula is C18H25NO3. The number of aryl methyl sites for hydroxylation is 1. The lowest BCUT2D eigenvalue weighted by atomic mass is 9.92. The van der Waals surface area contributed by atoms with Crippen molar-refractivity contribution in [1.29, 1.82) is 0 Å². The average Bonchev–Trinajstić information content (AvgIpc) is 2.46. The highest BCUT2D eigenvalue weighted by atomic mass is 16.5. The van der Waals surface area contributed by atoms with Crippen molar-refractivity contribution in [3.8, 4) is 0 Å². The molecule has 0 aliphatic carbocycles. The van der Waals surface area contributed by atoms with Gasteiger partial charge in [0.1, 0.15) is 0 Å². The standard InChI is InChI=1S/C18H25NO3/c1-12-8-13(2)10-19(9-12)17(20)11-22-18(21)16-7-5-6-14(3)15(16)4/h5-7,12-13H,8-11H2,1-4H3/t12-,13-/m1/s1. The van der Waals surface area contributed by atoms with Crippen molar-refractivity contribution < 1.29 is 14.3 Å². The second kappa shape index (κ2) is 6.95. The van der Waals surface area contributed by atoms with Gasteiger partial charge in [-0.2, -0.15) is 0 Å². The molecule has 1 aliphatic rings. The predicted molar refractivity (Wildman–Crippen MR) is 85.7 cm³/mol. The maximum absolute atomic E-state index is 12.2. The summed E-state index contributed by atoms with van der Waals surface area (Å²) in [6.45, 7) is 9.48. The molecule has 0 spiro atoms. The normalized spacial score (nSPS) is 21.5. The molecule has 4 heteroatoms. The number of carbonyl (C=O) groups excluding carboxylic acids is 2. The summed E-state index contributed by atoms with van der Waals surface area (Å²) in [5.41, 5.74) is 2.48. The molecule has 120 valence electrons. The molecular weight excluding hydrogens is 278 g/mol. The molecule has 1 fully saturated rings. The van der Waals surface area contributed by atoms with E-state index < -0.39 is 5.97 Å². The summed E-state index contributed by atoms with van der Waals surface area (Å²) in [4.78, 5) is 26.2. The van der Waals surface area contributed by atoms with E-state index in [4.69, 9.17) is 4.74 Å². The molecule has 4 nitrogen and oxygen atoms in total. The highest BCUT2D eigenvalue weighted by molar-refractivity contribution is 5.93. The minimum atomic E-state index is -0.423. The number of ether oxygens (including phenoxy) is 1. The third-order valence-electron chi connectivity index (χ3n) is 4.37. The highest BCUT2D eigenvalue weighted by Crippen LogP contribution is 2.21. The van der Waals surface area contributed by atoms with Crippen molar-refractivity contribution in [3.05, 3.63) is 34.9 Å². The van der Waals surface area contributed by atoms with Crippen molar-refractivity contribution in [1.82, 2.24) is 4.90 Å². The van der Waals surface area contributed by atoms with Crippen molar-refractivity contribution in [3.63, 3.8) is 0 Å². The van der Waals surface area contributed by atoms with Crippen LogP contribution in [0.2, 0.25) is 0 Å². The Balaban J connectivity index is 1.93. The van der Waals surface area contributed by atoms with Crippen LogP contribution in [-0.2, 0) is 9.53 Å². The van der Waals surface area contributed by atoms with Gasteiger partial charge in [0.2, 0.25) is 0 Å². The Morgan fingerprint density at radius 3 is 2.45 bits per heavy atom. The van der Waals surface area contributed by atoms with Gasteiger partial charge in [0.05, 0.1) is 5.56 Å². The maximum atomic E-state index is 12.2. The Bertz CT molecular complexity index is 557. The molecule has 1 aliphatic heterocycles. The van der Waals surface area contributed by atoms with Crippen LogP contribution in [0.4, 0.5) is 0 Å². The molecule has 0 bridgehead atoms. The number of piperidine rings is 1. The van der Waals surface area contributed by atoms with Crippen LogP contribution < -0.4 is 0 Å². The quantitative estimate of drug-likeness (QED) is 0.807. The van der Waals surface area contributed by atoms with E-state index in [0.717, 1.165) is 30.6 Å². The van der Waals surface area contributed by atoms with Crippen molar-refractivity contribution in [2.45, 2.75) is 34.1 Å². The molecule has 1 amide bonds. The van der Waals surface area contributed by atoms with Crippen LogP contribution in [0.1, 0.15) is 41.8 Å². The van der Waals surface area contributed by atoms with Gasteiger partial charge in [-0.05, 0) is 49.3 Å². The minimum absolute atomic E-state index is 0.0999. The van der Waals surface area contributed by atoms with Gasteiger partial charge in [-0.25, -0.2) is 4.79 Å². The fourth-order valence-corrected chi connectivity index (χ4v) is 3.14. The number of hydrogen-bond donors (Lipinski definition) is 0. The number of amides is 1. The first kappa shape index (κ1) is 16.5. The molecule has 1 aromatic rings. The lowest BCUT2D eigenvalue weighted by Gasteiger charge is -2.34. The van der Waals surface area contributed by atoms with Gasteiger partial charge < -0.3 is 9.64 Å². The van der Waals surface area contributed by atoms with Crippen LogP contribution in [0.25, 0.3) is 0 Å². The molecule has 1 heterocycles. The highest BCUT2D eigenvalue weighted by Gasteiger charge is 2.26. The van der Waals surface area contributed by atoms with Gasteiger partial charge in [0.15, 0.2) is 6.61 Å². The summed E-state index contributed by atoms with van der Waals surface area (Å²) in [5.74, 6) is 0.481. The molecule has 2 atom stereocenters. The van der Waals surface area contributed by atoms with Crippen LogP contribution in [0.3, 0.4) is 0 Å². The van der Waals surface area contributed by atoms with E-state index in [-0.39, 0.29) is 12.5 Å². The zero-order valence-corrected chi connectivity index (χ0v) is 13.9. The monoisotopic (exact) mass is 303 g/mol. The Labute approximate surface area is 132 Å².